The molecule has 2 rings (SSSR count). The molecule has 2 aliphatic rings. The van der Waals surface area contributed by atoms with E-state index in [2.05, 4.69) is 15.7 Å². The first kappa shape index (κ1) is 8.15. The molecule has 70 valence electrons. The number of amides is 2. The first-order valence-corrected chi connectivity index (χ1v) is 4.12. The average molecular weight is 182 g/mol. The number of nitrogens with zero attached hydrogens (tertiary/aromatic N) is 2. The molecule has 0 radical (unpaired) electrons. The predicted molar refractivity (Wildman–Crippen MR) is 42.3 cm³/mol. The van der Waals surface area contributed by atoms with Crippen molar-refractivity contribution in [1.29, 1.82) is 0 Å². The molecule has 1 saturated heterocycles. The first-order valence-electron chi connectivity index (χ1n) is 4.12. The Balaban J connectivity index is 2.23. The van der Waals surface area contributed by atoms with Gasteiger partial charge in [0.15, 0.2) is 6.04 Å². The molecule has 3 N–H and O–H groups in total. The number of hydrogen-bond donors (Lipinski definition) is 2. The zero-order chi connectivity index (χ0) is 9.47. The highest BCUT2D eigenvalue weighted by Crippen LogP contribution is 2.54. The fourth-order valence-corrected chi connectivity index (χ4v) is 1.80. The van der Waals surface area contributed by atoms with E-state index in [9.17, 15) is 9.59 Å². The molecule has 1 unspecified atom stereocenters. The highest BCUT2D eigenvalue weighted by Gasteiger charge is 2.57. The normalized spacial score (nSPS) is 30.9. The maximum Gasteiger partial charge on any atom is 0.253 e. The number of nitrogens with two attached hydrogens (primary N) is 1. The monoisotopic (exact) mass is 182 g/mol. The number of rotatable bonds is 1. The quantitative estimate of drug-likeness (QED) is 0.248. The molecule has 2 amide bonds. The number of carbonyl (C=O) groups excluding carboxylic acids is 2. The van der Waals surface area contributed by atoms with Crippen LogP contribution in [0.25, 0.3) is 0 Å². The average Bonchev–Trinajstić information content (AvgIpc) is 2.78. The van der Waals surface area contributed by atoms with Gasteiger partial charge in [0.25, 0.3) is 5.91 Å². The zero-order valence-electron chi connectivity index (χ0n) is 6.99. The van der Waals surface area contributed by atoms with Gasteiger partial charge in [-0.1, -0.05) is 5.22 Å². The largest absolute Gasteiger partial charge is 0.305 e. The lowest BCUT2D eigenvalue weighted by Crippen LogP contribution is -2.49. The molecule has 0 bridgehead atoms. The highest BCUT2D eigenvalue weighted by atomic mass is 16.2. The van der Waals surface area contributed by atoms with Gasteiger partial charge in [0, 0.05) is 11.8 Å². The van der Waals surface area contributed by atoms with Crippen molar-refractivity contribution in [3.8, 4) is 0 Å². The van der Waals surface area contributed by atoms with Crippen LogP contribution in [0.4, 0.5) is 0 Å². The van der Waals surface area contributed by atoms with Gasteiger partial charge in [-0.25, -0.2) is 0 Å². The molecule has 0 aromatic rings. The lowest BCUT2D eigenvalue weighted by molar-refractivity contribution is -0.136. The summed E-state index contributed by atoms with van der Waals surface area (Å²) >= 11 is 0. The second-order valence-electron chi connectivity index (χ2n) is 3.59. The number of hydrogen-bond acceptors (Lipinski definition) is 4. The number of imide groups is 1. The smallest absolute Gasteiger partial charge is 0.253 e. The molecule has 1 atom stereocenters. The predicted octanol–water partition coefficient (Wildman–Crippen LogP) is -0.492. The molecule has 2 fully saturated rings. The molecular formula is C7H10N4O2. The minimum atomic E-state index is -0.560. The van der Waals surface area contributed by atoms with E-state index in [1.165, 1.54) is 0 Å². The summed E-state index contributed by atoms with van der Waals surface area (Å²) in [6.07, 6.45) is 2.08. The van der Waals surface area contributed by atoms with Crippen LogP contribution in [-0.4, -0.2) is 17.9 Å². The van der Waals surface area contributed by atoms with Crippen LogP contribution in [0.3, 0.4) is 0 Å². The number of nitrogens with one attached hydrogen (secondary N) is 1. The summed E-state index contributed by atoms with van der Waals surface area (Å²) in [7, 11) is 0. The highest BCUT2D eigenvalue weighted by molar-refractivity contribution is 6.02. The number of carbonyl (C=O) groups is 2. The van der Waals surface area contributed by atoms with Crippen LogP contribution in [0, 0.1) is 5.41 Å². The lowest BCUT2D eigenvalue weighted by Gasteiger charge is -2.25. The number of piperidine rings is 1. The fourth-order valence-electron chi connectivity index (χ4n) is 1.80. The SMILES string of the molecule is NN=NC1C(=O)NC(=O)CC12CC2. The third kappa shape index (κ3) is 1.18. The van der Waals surface area contributed by atoms with Crippen molar-refractivity contribution in [2.45, 2.75) is 25.3 Å². The van der Waals surface area contributed by atoms with Crippen LogP contribution in [0.5, 0.6) is 0 Å². The second kappa shape index (κ2) is 2.51. The van der Waals surface area contributed by atoms with Crippen molar-refractivity contribution in [1.82, 2.24) is 5.32 Å². The molecule has 6 heteroatoms. The van der Waals surface area contributed by atoms with Gasteiger partial charge in [-0.3, -0.25) is 14.9 Å². The van der Waals surface area contributed by atoms with Crippen molar-refractivity contribution in [3.63, 3.8) is 0 Å². The van der Waals surface area contributed by atoms with Crippen molar-refractivity contribution < 1.29 is 9.59 Å². The molecular weight excluding hydrogens is 172 g/mol. The Morgan fingerprint density at radius 1 is 1.46 bits per heavy atom. The van der Waals surface area contributed by atoms with Crippen LogP contribution in [0.1, 0.15) is 19.3 Å². The minimum Gasteiger partial charge on any atom is -0.305 e. The maximum atomic E-state index is 11.3. The molecule has 1 spiro atoms. The molecule has 1 heterocycles. The van der Waals surface area contributed by atoms with Crippen molar-refractivity contribution in [3.05, 3.63) is 0 Å². The Hall–Kier alpha value is -1.46. The topological polar surface area (TPSA) is 96.9 Å². The van der Waals surface area contributed by atoms with Gasteiger partial charge in [0.05, 0.1) is 0 Å². The zero-order valence-corrected chi connectivity index (χ0v) is 6.99. The lowest BCUT2D eigenvalue weighted by atomic mass is 9.89. The summed E-state index contributed by atoms with van der Waals surface area (Å²) in [5, 5.41) is 9.00. The Morgan fingerprint density at radius 2 is 2.15 bits per heavy atom. The van der Waals surface area contributed by atoms with E-state index in [-0.39, 0.29) is 17.2 Å². The Kier molecular flexibility index (Phi) is 1.58. The van der Waals surface area contributed by atoms with E-state index in [1.54, 1.807) is 0 Å². The van der Waals surface area contributed by atoms with Gasteiger partial charge >= 0.3 is 0 Å². The summed E-state index contributed by atoms with van der Waals surface area (Å²) in [4.78, 5) is 22.4. The van der Waals surface area contributed by atoms with Gasteiger partial charge in [-0.15, -0.1) is 0 Å². The molecule has 13 heavy (non-hydrogen) atoms. The van der Waals surface area contributed by atoms with Crippen LogP contribution in [0.15, 0.2) is 10.3 Å². The summed E-state index contributed by atoms with van der Waals surface area (Å²) in [6.45, 7) is 0. The van der Waals surface area contributed by atoms with Crippen LogP contribution >= 0.6 is 0 Å². The Morgan fingerprint density at radius 3 is 2.69 bits per heavy atom. The minimum absolute atomic E-state index is 0.217. The van der Waals surface area contributed by atoms with E-state index in [0.717, 1.165) is 12.8 Å². The molecule has 1 aliphatic carbocycles. The summed E-state index contributed by atoms with van der Waals surface area (Å²) in [5.74, 6) is 4.31. The summed E-state index contributed by atoms with van der Waals surface area (Å²) < 4.78 is 0. The van der Waals surface area contributed by atoms with Crippen molar-refractivity contribution in [2.75, 3.05) is 0 Å². The van der Waals surface area contributed by atoms with Gasteiger partial charge in [-0.05, 0) is 12.8 Å². The van der Waals surface area contributed by atoms with Crippen LogP contribution in [-0.2, 0) is 9.59 Å². The molecule has 0 aromatic carbocycles. The molecule has 1 saturated carbocycles. The first-order chi connectivity index (χ1) is 6.18. The van der Waals surface area contributed by atoms with Gasteiger partial charge in [-0.2, -0.15) is 5.11 Å². The third-order valence-electron chi connectivity index (χ3n) is 2.68. The Labute approximate surface area is 74.5 Å². The Bertz CT molecular complexity index is 295. The van der Waals surface area contributed by atoms with Crippen molar-refractivity contribution >= 4 is 11.8 Å². The van der Waals surface area contributed by atoms with Gasteiger partial charge < -0.3 is 5.84 Å². The summed E-state index contributed by atoms with van der Waals surface area (Å²) in [6, 6.07) is -0.560. The molecule has 1 aliphatic heterocycles. The molecule has 6 nitrogen and oxygen atoms in total. The summed E-state index contributed by atoms with van der Waals surface area (Å²) in [5.41, 5.74) is -0.262. The van der Waals surface area contributed by atoms with E-state index in [0.29, 0.717) is 6.42 Å². The molecule has 0 aromatic heterocycles. The van der Waals surface area contributed by atoms with Crippen LogP contribution in [0.2, 0.25) is 0 Å². The van der Waals surface area contributed by atoms with E-state index < -0.39 is 6.04 Å². The second-order valence-corrected chi connectivity index (χ2v) is 3.59. The standard InChI is InChI=1S/C7H10N4O2/c8-11-10-5-6(13)9-4(12)3-7(5)1-2-7/h5H,1-3H2,(H2,8,10)(H,9,12,13). The fraction of sp³-hybridized carbons (Fsp3) is 0.714. The van der Waals surface area contributed by atoms with Gasteiger partial charge in [0.1, 0.15) is 0 Å². The van der Waals surface area contributed by atoms with E-state index >= 15 is 0 Å². The van der Waals surface area contributed by atoms with Crippen molar-refractivity contribution in [2.24, 2.45) is 21.6 Å². The van der Waals surface area contributed by atoms with Crippen LogP contribution < -0.4 is 11.2 Å². The van der Waals surface area contributed by atoms with E-state index in [1.807, 2.05) is 0 Å². The van der Waals surface area contributed by atoms with E-state index in [4.69, 9.17) is 5.84 Å². The van der Waals surface area contributed by atoms with Gasteiger partial charge in [0.2, 0.25) is 5.91 Å². The maximum absolute atomic E-state index is 11.3. The third-order valence-corrected chi connectivity index (χ3v) is 2.68.